The Labute approximate surface area is 111 Å². The summed E-state index contributed by atoms with van der Waals surface area (Å²) < 4.78 is 1.76. The second-order valence-electron chi connectivity index (χ2n) is 4.21. The first-order chi connectivity index (χ1) is 8.60. The van der Waals surface area contributed by atoms with Gasteiger partial charge in [0, 0.05) is 11.3 Å². The van der Waals surface area contributed by atoms with E-state index in [1.54, 1.807) is 22.9 Å². The van der Waals surface area contributed by atoms with Gasteiger partial charge in [0.2, 0.25) is 0 Å². The van der Waals surface area contributed by atoms with Crippen molar-refractivity contribution in [3.63, 3.8) is 0 Å². The molecular formula is C14H15ClN2O. The number of carbonyl (C=O) groups is 1. The number of nitrogens with zero attached hydrogens (tertiary/aromatic N) is 2. The summed E-state index contributed by atoms with van der Waals surface area (Å²) in [5.74, 6) is 0. The summed E-state index contributed by atoms with van der Waals surface area (Å²) >= 11 is 6.20. The number of benzene rings is 1. The molecule has 0 unspecified atom stereocenters. The van der Waals surface area contributed by atoms with Crippen LogP contribution >= 0.6 is 11.6 Å². The molecule has 0 bridgehead atoms. The number of hydrogen-bond donors (Lipinski definition) is 0. The van der Waals surface area contributed by atoms with E-state index in [2.05, 4.69) is 12.0 Å². The van der Waals surface area contributed by atoms with Crippen molar-refractivity contribution in [2.45, 2.75) is 27.2 Å². The Kier molecular flexibility index (Phi) is 3.53. The minimum absolute atomic E-state index is 0.535. The highest BCUT2D eigenvalue weighted by Crippen LogP contribution is 2.26. The number of aldehydes is 1. The predicted octanol–water partition coefficient (Wildman–Crippen LogP) is 3.52. The Morgan fingerprint density at radius 2 is 2.11 bits per heavy atom. The first-order valence-corrected chi connectivity index (χ1v) is 6.27. The normalized spacial score (nSPS) is 10.7. The Balaban J connectivity index is 2.73. The van der Waals surface area contributed by atoms with E-state index >= 15 is 0 Å². The molecule has 0 amide bonds. The van der Waals surface area contributed by atoms with Gasteiger partial charge in [-0.1, -0.05) is 24.6 Å². The van der Waals surface area contributed by atoms with Crippen LogP contribution < -0.4 is 0 Å². The van der Waals surface area contributed by atoms with Gasteiger partial charge < -0.3 is 0 Å². The molecule has 0 aliphatic heterocycles. The van der Waals surface area contributed by atoms with Crippen molar-refractivity contribution < 1.29 is 4.79 Å². The smallest absolute Gasteiger partial charge is 0.152 e. The molecule has 0 fully saturated rings. The van der Waals surface area contributed by atoms with Crippen molar-refractivity contribution in [3.8, 4) is 5.69 Å². The number of halogens is 1. The quantitative estimate of drug-likeness (QED) is 0.794. The highest BCUT2D eigenvalue weighted by molar-refractivity contribution is 6.32. The van der Waals surface area contributed by atoms with E-state index in [1.165, 1.54) is 5.56 Å². The van der Waals surface area contributed by atoms with Crippen molar-refractivity contribution in [1.29, 1.82) is 0 Å². The summed E-state index contributed by atoms with van der Waals surface area (Å²) in [5, 5.41) is 5.03. The van der Waals surface area contributed by atoms with Gasteiger partial charge in [-0.2, -0.15) is 5.10 Å². The van der Waals surface area contributed by atoms with Crippen molar-refractivity contribution in [2.75, 3.05) is 0 Å². The van der Waals surface area contributed by atoms with E-state index in [0.717, 1.165) is 24.1 Å². The summed E-state index contributed by atoms with van der Waals surface area (Å²) in [6.45, 7) is 6.06. The van der Waals surface area contributed by atoms with Crippen molar-refractivity contribution in [1.82, 2.24) is 9.78 Å². The average molecular weight is 263 g/mol. The fourth-order valence-electron chi connectivity index (χ4n) is 2.25. The number of rotatable bonds is 3. The van der Waals surface area contributed by atoms with E-state index in [-0.39, 0.29) is 0 Å². The third-order valence-corrected chi connectivity index (χ3v) is 3.46. The van der Waals surface area contributed by atoms with Crippen LogP contribution in [-0.2, 0) is 6.42 Å². The molecule has 0 aliphatic rings. The second-order valence-corrected chi connectivity index (χ2v) is 4.62. The fraction of sp³-hybridized carbons (Fsp3) is 0.286. The molecular weight excluding hydrogens is 248 g/mol. The number of para-hydroxylation sites is 1. The molecule has 0 aliphatic carbocycles. The van der Waals surface area contributed by atoms with Gasteiger partial charge in [0.25, 0.3) is 0 Å². The molecule has 0 atom stereocenters. The van der Waals surface area contributed by atoms with Gasteiger partial charge in [0.1, 0.15) is 0 Å². The van der Waals surface area contributed by atoms with Gasteiger partial charge in [0.05, 0.1) is 16.4 Å². The molecule has 0 saturated carbocycles. The van der Waals surface area contributed by atoms with Gasteiger partial charge in [-0.25, -0.2) is 4.68 Å². The highest BCUT2D eigenvalue weighted by atomic mass is 35.5. The first-order valence-electron chi connectivity index (χ1n) is 5.89. The first kappa shape index (κ1) is 12.8. The molecule has 2 rings (SSSR count). The summed E-state index contributed by atoms with van der Waals surface area (Å²) in [6.07, 6.45) is 1.72. The summed E-state index contributed by atoms with van der Waals surface area (Å²) in [7, 11) is 0. The van der Waals surface area contributed by atoms with Crippen LogP contribution in [0.15, 0.2) is 18.2 Å². The molecule has 0 saturated heterocycles. The SMILES string of the molecule is CCc1c(C)nn(-c2c(Cl)cccc2C=O)c1C. The van der Waals surface area contributed by atoms with Crippen LogP contribution in [0.3, 0.4) is 0 Å². The van der Waals surface area contributed by atoms with E-state index in [4.69, 9.17) is 11.6 Å². The number of aromatic nitrogens is 2. The lowest BCUT2D eigenvalue weighted by molar-refractivity contribution is 0.112. The molecule has 0 spiro atoms. The lowest BCUT2D eigenvalue weighted by atomic mass is 10.1. The van der Waals surface area contributed by atoms with E-state index < -0.39 is 0 Å². The van der Waals surface area contributed by atoms with Crippen molar-refractivity contribution in [3.05, 3.63) is 45.7 Å². The predicted molar refractivity (Wildman–Crippen MR) is 72.8 cm³/mol. The van der Waals surface area contributed by atoms with Gasteiger partial charge in [-0.15, -0.1) is 0 Å². The third-order valence-electron chi connectivity index (χ3n) is 3.15. The van der Waals surface area contributed by atoms with Crippen LogP contribution in [0.5, 0.6) is 0 Å². The summed E-state index contributed by atoms with van der Waals surface area (Å²) in [5.41, 5.74) is 4.43. The van der Waals surface area contributed by atoms with E-state index in [0.29, 0.717) is 16.3 Å². The standard InChI is InChI=1S/C14H15ClN2O/c1-4-12-9(2)16-17(10(12)3)14-11(8-18)6-5-7-13(14)15/h5-8H,4H2,1-3H3. The Hall–Kier alpha value is -1.61. The van der Waals surface area contributed by atoms with Crippen LogP contribution in [0.2, 0.25) is 5.02 Å². The molecule has 1 aromatic carbocycles. The zero-order valence-electron chi connectivity index (χ0n) is 10.7. The second kappa shape index (κ2) is 4.94. The van der Waals surface area contributed by atoms with Gasteiger partial charge in [-0.3, -0.25) is 4.79 Å². The maximum Gasteiger partial charge on any atom is 0.152 e. The van der Waals surface area contributed by atoms with Crippen molar-refractivity contribution >= 4 is 17.9 Å². The van der Waals surface area contributed by atoms with E-state index in [9.17, 15) is 4.79 Å². The lowest BCUT2D eigenvalue weighted by Crippen LogP contribution is -2.04. The van der Waals surface area contributed by atoms with Gasteiger partial charge >= 0.3 is 0 Å². The van der Waals surface area contributed by atoms with Gasteiger partial charge in [-0.05, 0) is 38.0 Å². The number of hydrogen-bond acceptors (Lipinski definition) is 2. The molecule has 0 radical (unpaired) electrons. The summed E-state index contributed by atoms with van der Waals surface area (Å²) in [6, 6.07) is 5.28. The minimum atomic E-state index is 0.535. The summed E-state index contributed by atoms with van der Waals surface area (Å²) in [4.78, 5) is 11.1. The zero-order valence-corrected chi connectivity index (χ0v) is 11.5. The van der Waals surface area contributed by atoms with Crippen LogP contribution in [0.4, 0.5) is 0 Å². The van der Waals surface area contributed by atoms with Crippen molar-refractivity contribution in [2.24, 2.45) is 0 Å². The molecule has 4 heteroatoms. The highest BCUT2D eigenvalue weighted by Gasteiger charge is 2.16. The minimum Gasteiger partial charge on any atom is -0.298 e. The fourth-order valence-corrected chi connectivity index (χ4v) is 2.52. The maximum atomic E-state index is 11.1. The third kappa shape index (κ3) is 1.95. The molecule has 3 nitrogen and oxygen atoms in total. The Morgan fingerprint density at radius 1 is 1.39 bits per heavy atom. The van der Waals surface area contributed by atoms with Gasteiger partial charge in [0.15, 0.2) is 6.29 Å². The van der Waals surface area contributed by atoms with Crippen LogP contribution in [-0.4, -0.2) is 16.1 Å². The monoisotopic (exact) mass is 262 g/mol. The molecule has 2 aromatic rings. The molecule has 1 aromatic heterocycles. The van der Waals surface area contributed by atoms with Crippen LogP contribution in [0.1, 0.15) is 34.2 Å². The number of aryl methyl sites for hydroxylation is 1. The zero-order chi connectivity index (χ0) is 13.3. The molecule has 1 heterocycles. The molecule has 18 heavy (non-hydrogen) atoms. The average Bonchev–Trinajstić information content (AvgIpc) is 2.63. The lowest BCUT2D eigenvalue weighted by Gasteiger charge is -2.09. The number of carbonyl (C=O) groups excluding carboxylic acids is 1. The molecule has 0 N–H and O–H groups in total. The van der Waals surface area contributed by atoms with E-state index in [1.807, 2.05) is 13.8 Å². The van der Waals surface area contributed by atoms with Crippen LogP contribution in [0.25, 0.3) is 5.69 Å². The Morgan fingerprint density at radius 3 is 2.67 bits per heavy atom. The Bertz CT molecular complexity index is 602. The maximum absolute atomic E-state index is 11.1. The molecule has 94 valence electrons. The largest absolute Gasteiger partial charge is 0.298 e. The topological polar surface area (TPSA) is 34.9 Å². The van der Waals surface area contributed by atoms with Crippen LogP contribution in [0, 0.1) is 13.8 Å².